The van der Waals surface area contributed by atoms with Crippen LogP contribution < -0.4 is 174 Å². The van der Waals surface area contributed by atoms with Crippen molar-refractivity contribution in [1.82, 2.24) is 14.7 Å². The molecule has 0 aromatic carbocycles. The maximum absolute atomic E-state index is 11.7. The van der Waals surface area contributed by atoms with Gasteiger partial charge in [-0.1, -0.05) is 11.5 Å². The smallest absolute Gasteiger partial charge is 0.674 e. The molecule has 3 N–H and O–H groups in total. The van der Waals surface area contributed by atoms with Crippen LogP contribution in [0.1, 0.15) is 13.3 Å². The number of nitrogens with zero attached hydrogens (tertiary/aromatic N) is 3. The van der Waals surface area contributed by atoms with E-state index in [1.807, 2.05) is 0 Å². The molecule has 0 rings (SSSR count). The molecule has 0 bridgehead atoms. The van der Waals surface area contributed by atoms with Crippen LogP contribution in [-0.4, -0.2) is 241 Å². The van der Waals surface area contributed by atoms with Crippen molar-refractivity contribution in [3.05, 3.63) is 0 Å². The Morgan fingerprint density at radius 1 is 0.475 bits per heavy atom. The number of aliphatic hydroxyl groups is 3. The van der Waals surface area contributed by atoms with Crippen LogP contribution in [0.15, 0.2) is 0 Å². The second kappa shape index (κ2) is 55.6. The van der Waals surface area contributed by atoms with Crippen molar-refractivity contribution in [2.75, 3.05) is 104 Å². The van der Waals surface area contributed by atoms with Gasteiger partial charge in [-0.25, -0.2) is 14.7 Å². The normalized spacial score (nSPS) is 14.5. The Morgan fingerprint density at radius 3 is 0.869 bits per heavy atom. The van der Waals surface area contributed by atoms with Gasteiger partial charge in [0.05, 0.1) is 58.0 Å². The third kappa shape index (κ3) is 48.5. The summed E-state index contributed by atoms with van der Waals surface area (Å²) in [4.78, 5) is 3.36. The van der Waals surface area contributed by atoms with Crippen LogP contribution in [0.4, 0.5) is 0 Å². The topological polar surface area (TPSA) is 362 Å². The van der Waals surface area contributed by atoms with E-state index < -0.39 is 116 Å². The Kier molecular flexibility index (Phi) is 80.6. The van der Waals surface area contributed by atoms with Gasteiger partial charge in [-0.15, -0.1) is 0 Å². The average Bonchev–Trinajstić information content (AvgIpc) is 3.10. The summed E-state index contributed by atoms with van der Waals surface area (Å²) in [6, 6.07) is 0. The molecule has 39 heteroatoms. The van der Waals surface area contributed by atoms with Crippen LogP contribution in [0.2, 0.25) is 0 Å². The standard InChI is InChI=1S/C22H44N3O22P6.8Na/c1-3-22(10-40-7-19(26)4-23(13-48(2)34)14-49(35)43-29,11-41-8-20(27)5-24(15-50(36)44-30)16-51(37)45-31)12-42-9-21(28)6-25(17-52(38)46-32)18-53(39)47-33;;;;;;;;/h19-21,26-28H,3-18H2,1-2H3;;;;;;;;/q+1;;;;5*+1. The third-order valence-corrected chi connectivity index (χ3v) is 11.5. The van der Waals surface area contributed by atoms with E-state index in [9.17, 15) is 69.0 Å². The molecule has 311 valence electrons. The second-order valence-electron chi connectivity index (χ2n) is 11.4. The van der Waals surface area contributed by atoms with Crippen molar-refractivity contribution in [1.29, 1.82) is 0 Å². The van der Waals surface area contributed by atoms with Gasteiger partial charge >= 0.3 is 196 Å². The summed E-state index contributed by atoms with van der Waals surface area (Å²) in [5.74, 6) is 0. The quantitative estimate of drug-likeness (QED) is 0.0227. The molecule has 0 spiro atoms. The van der Waals surface area contributed by atoms with Crippen molar-refractivity contribution >= 4 is 137 Å². The molecule has 0 saturated heterocycles. The molecular weight excluding hydrogens is 1030 g/mol. The van der Waals surface area contributed by atoms with Crippen LogP contribution in [0.25, 0.3) is 0 Å². The first kappa shape index (κ1) is 88.5. The van der Waals surface area contributed by atoms with Crippen LogP contribution in [0.3, 0.4) is 0 Å². The van der Waals surface area contributed by atoms with E-state index in [2.05, 4.69) is 23.4 Å². The molecule has 0 aliphatic carbocycles. The molecule has 9 unspecified atom stereocenters. The second-order valence-corrected chi connectivity index (χ2v) is 18.5. The molecule has 25 nitrogen and oxygen atoms in total. The number of rotatable bonds is 36. The van der Waals surface area contributed by atoms with E-state index in [1.165, 1.54) is 11.6 Å². The van der Waals surface area contributed by atoms with Crippen LogP contribution >= 0.6 is 47.9 Å². The number of ether oxygens (including phenoxy) is 3. The predicted molar refractivity (Wildman–Crippen MR) is 187 cm³/mol. The Labute approximate surface area is 537 Å². The molecule has 0 heterocycles. The van der Waals surface area contributed by atoms with E-state index in [0.29, 0.717) is 0 Å². The minimum absolute atomic E-state index is 0. The molecule has 0 fully saturated rings. The molecule has 61 heavy (non-hydrogen) atoms. The van der Waals surface area contributed by atoms with Crippen molar-refractivity contribution in [2.24, 2.45) is 5.41 Å². The van der Waals surface area contributed by atoms with E-state index in [4.69, 9.17) is 14.2 Å². The van der Waals surface area contributed by atoms with Gasteiger partial charge in [-0.2, -0.15) is 23.4 Å². The SMILES string of the molecule is CCC(COCC(O)CN(C[P+](C)=O)C[P+](=O)O[O-])(COCC(O)CN(C[P+](=O)O[O-])C[P+](=O)O[O-])COCC(O)CN(C[P+](=O)O[O-])C[P+](=O)O[O-].[Na+].[Na+].[Na+].[Na+].[Na+].[Na].[Na].[Na]. The first-order chi connectivity index (χ1) is 25.0. The molecule has 9 atom stereocenters. The van der Waals surface area contributed by atoms with E-state index in [0.717, 1.165) is 9.80 Å². The first-order valence-electron chi connectivity index (χ1n) is 15.1. The molecule has 0 saturated carbocycles. The van der Waals surface area contributed by atoms with Gasteiger partial charge in [0.15, 0.2) is 0 Å². The van der Waals surface area contributed by atoms with Gasteiger partial charge in [-0.3, -0.25) is 0 Å². The minimum atomic E-state index is -2.79. The molecule has 0 amide bonds. The Bertz CT molecular complexity index is 1080. The van der Waals surface area contributed by atoms with Gasteiger partial charge in [0, 0.05) is 114 Å². The van der Waals surface area contributed by atoms with E-state index >= 15 is 0 Å². The fourth-order valence-electron chi connectivity index (χ4n) is 4.41. The number of hydrogen-bond acceptors (Lipinski definition) is 25. The van der Waals surface area contributed by atoms with E-state index in [-0.39, 0.29) is 295 Å². The molecular formula is C22H44N3Na8O22P6+6. The van der Waals surface area contributed by atoms with Crippen molar-refractivity contribution in [3.8, 4) is 0 Å². The first-order valence-corrected chi connectivity index (χ1v) is 23.8. The fourth-order valence-corrected chi connectivity index (χ4v) is 8.61. The maximum Gasteiger partial charge on any atom is 1.00 e. The zero-order valence-electron chi connectivity index (χ0n) is 36.7. The summed E-state index contributed by atoms with van der Waals surface area (Å²) >= 11 is 0. The summed E-state index contributed by atoms with van der Waals surface area (Å²) < 4.78 is 104. The summed E-state index contributed by atoms with van der Waals surface area (Å²) in [5.41, 5.74) is -1.07. The zero-order valence-corrected chi connectivity index (χ0v) is 58.0. The number of aliphatic hydroxyl groups excluding tert-OH is 3. The Morgan fingerprint density at radius 2 is 0.689 bits per heavy atom. The predicted octanol–water partition coefficient (Wildman–Crippen LogP) is -19.3. The number of hydrogen-bond donors (Lipinski definition) is 3. The van der Waals surface area contributed by atoms with Gasteiger partial charge in [0.25, 0.3) is 0 Å². The van der Waals surface area contributed by atoms with Crippen molar-refractivity contribution < 1.29 is 254 Å². The van der Waals surface area contributed by atoms with Gasteiger partial charge in [-0.05, 0) is 29.2 Å². The van der Waals surface area contributed by atoms with Crippen LogP contribution in [0, 0.1) is 5.41 Å². The molecule has 0 aliphatic rings. The van der Waals surface area contributed by atoms with Crippen molar-refractivity contribution in [2.45, 2.75) is 31.7 Å². The van der Waals surface area contributed by atoms with Gasteiger partial charge in [0.1, 0.15) is 6.66 Å². The third-order valence-electron chi connectivity index (χ3n) is 6.70. The zero-order chi connectivity index (χ0) is 40.4. The maximum atomic E-state index is 11.7. The summed E-state index contributed by atoms with van der Waals surface area (Å²) in [6.45, 7) is 0.383. The van der Waals surface area contributed by atoms with Crippen LogP contribution in [-0.2, 0) is 65.0 Å². The monoisotopic (exact) mass is 1070 g/mol. The fraction of sp³-hybridized carbons (Fsp3) is 1.00. The molecule has 0 aromatic heterocycles. The van der Waals surface area contributed by atoms with Crippen molar-refractivity contribution in [3.63, 3.8) is 0 Å². The molecule has 3 radical (unpaired) electrons. The Hall–Kier alpha value is 7.84. The molecule has 0 aromatic rings. The summed E-state index contributed by atoms with van der Waals surface area (Å²) in [6.07, 6.45) is -6.55. The van der Waals surface area contributed by atoms with Gasteiger partial charge in [0.2, 0.25) is 37.7 Å². The van der Waals surface area contributed by atoms with Gasteiger partial charge < -0.3 is 55.8 Å². The minimum Gasteiger partial charge on any atom is -0.674 e. The summed E-state index contributed by atoms with van der Waals surface area (Å²) in [5, 5.41) is 84.0. The largest absolute Gasteiger partial charge is 1.00 e. The molecule has 0 aliphatic heterocycles. The summed E-state index contributed by atoms with van der Waals surface area (Å²) in [7, 11) is -15.6. The van der Waals surface area contributed by atoms with Crippen LogP contribution in [0.5, 0.6) is 0 Å². The Balaban J connectivity index is -0.000000483. The average molecular weight is 1070 g/mol. The van der Waals surface area contributed by atoms with E-state index in [1.54, 1.807) is 6.92 Å².